The Labute approximate surface area is 296 Å². The molecule has 0 radical (unpaired) electrons. The van der Waals surface area contributed by atoms with Crippen molar-refractivity contribution in [1.29, 1.82) is 0 Å². The zero-order chi connectivity index (χ0) is 35.4. The number of nitrogens with zero attached hydrogens (tertiary/aromatic N) is 5. The second kappa shape index (κ2) is 15.3. The van der Waals surface area contributed by atoms with Crippen LogP contribution in [0.5, 0.6) is 5.75 Å². The zero-order valence-electron chi connectivity index (χ0n) is 28.7. The predicted molar refractivity (Wildman–Crippen MR) is 199 cm³/mol. The smallest absolute Gasteiger partial charge is 0.323 e. The van der Waals surface area contributed by atoms with Gasteiger partial charge < -0.3 is 29.7 Å². The number of methoxy groups -OCH3 is 1. The van der Waals surface area contributed by atoms with Crippen LogP contribution in [0.3, 0.4) is 0 Å². The molecule has 2 amide bonds. The Bertz CT molecular complexity index is 2060. The van der Waals surface area contributed by atoms with Crippen LogP contribution in [-0.4, -0.2) is 72.8 Å². The topological polar surface area (TPSA) is 95.0 Å². The van der Waals surface area contributed by atoms with Crippen LogP contribution in [0.15, 0.2) is 83.8 Å². The average Bonchev–Trinajstić information content (AvgIpc) is 3.10. The van der Waals surface area contributed by atoms with E-state index in [0.717, 1.165) is 55.7 Å². The SMILES string of the molecule is CCn1c(=O)c(-c2cc(NC(=O)Nc3cccc(CN4CCN(C)CC4)c3)c(F)cc2Cl)cc2cnc(N(C)Cc3ccc(OC)cc3)cc21. The van der Waals surface area contributed by atoms with Gasteiger partial charge in [0.2, 0.25) is 0 Å². The minimum atomic E-state index is -0.722. The van der Waals surface area contributed by atoms with Gasteiger partial charge in [0, 0.05) is 87.3 Å². The van der Waals surface area contributed by atoms with Gasteiger partial charge >= 0.3 is 6.03 Å². The highest BCUT2D eigenvalue weighted by Gasteiger charge is 2.19. The second-order valence-corrected chi connectivity index (χ2v) is 13.0. The molecular formula is C38H41ClFN7O3. The van der Waals surface area contributed by atoms with Gasteiger partial charge in [-0.15, -0.1) is 0 Å². The highest BCUT2D eigenvalue weighted by Crippen LogP contribution is 2.33. The molecule has 0 bridgehead atoms. The second-order valence-electron chi connectivity index (χ2n) is 12.6. The van der Waals surface area contributed by atoms with Crippen molar-refractivity contribution in [3.05, 3.63) is 111 Å². The maximum atomic E-state index is 15.2. The third-order valence-electron chi connectivity index (χ3n) is 9.03. The van der Waals surface area contributed by atoms with E-state index in [0.29, 0.717) is 41.1 Å². The molecule has 2 N–H and O–H groups in total. The van der Waals surface area contributed by atoms with Gasteiger partial charge in [-0.05, 0) is 67.6 Å². The molecule has 1 aliphatic rings. The summed E-state index contributed by atoms with van der Waals surface area (Å²) in [5, 5.41) is 6.17. The summed E-state index contributed by atoms with van der Waals surface area (Å²) in [7, 11) is 5.69. The van der Waals surface area contributed by atoms with Crippen molar-refractivity contribution in [2.24, 2.45) is 0 Å². The van der Waals surface area contributed by atoms with Gasteiger partial charge in [-0.1, -0.05) is 35.9 Å². The van der Waals surface area contributed by atoms with Crippen molar-refractivity contribution in [3.8, 4) is 16.9 Å². The van der Waals surface area contributed by atoms with Crippen LogP contribution in [0.4, 0.5) is 26.4 Å². The number of ether oxygens (including phenoxy) is 1. The lowest BCUT2D eigenvalue weighted by Crippen LogP contribution is -2.43. The number of piperazine rings is 1. The van der Waals surface area contributed by atoms with Gasteiger partial charge in [0.05, 0.1) is 23.3 Å². The summed E-state index contributed by atoms with van der Waals surface area (Å²) in [6, 6.07) is 20.9. The molecule has 1 aliphatic heterocycles. The zero-order valence-corrected chi connectivity index (χ0v) is 29.4. The number of anilines is 3. The molecule has 1 saturated heterocycles. The van der Waals surface area contributed by atoms with E-state index in [9.17, 15) is 9.59 Å². The van der Waals surface area contributed by atoms with Crippen LogP contribution >= 0.6 is 11.6 Å². The summed E-state index contributed by atoms with van der Waals surface area (Å²) in [5.41, 5.74) is 3.61. The van der Waals surface area contributed by atoms with Crippen molar-refractivity contribution >= 4 is 45.7 Å². The number of hydrogen-bond donors (Lipinski definition) is 2. The summed E-state index contributed by atoms with van der Waals surface area (Å²) in [5.74, 6) is 0.763. The molecule has 0 aliphatic carbocycles. The van der Waals surface area contributed by atoms with E-state index in [1.54, 1.807) is 30.0 Å². The minimum absolute atomic E-state index is 0.0490. The van der Waals surface area contributed by atoms with Crippen LogP contribution < -0.4 is 25.8 Å². The summed E-state index contributed by atoms with van der Waals surface area (Å²) in [6.45, 7) is 7.64. The number of aryl methyl sites for hydroxylation is 1. The van der Waals surface area contributed by atoms with Crippen molar-refractivity contribution in [1.82, 2.24) is 19.4 Å². The largest absolute Gasteiger partial charge is 0.497 e. The molecule has 1 fully saturated rings. The number of urea groups is 1. The van der Waals surface area contributed by atoms with Crippen molar-refractivity contribution in [2.75, 3.05) is 62.9 Å². The first-order valence-electron chi connectivity index (χ1n) is 16.6. The number of carbonyl (C=O) groups excluding carboxylic acids is 1. The van der Waals surface area contributed by atoms with Crippen molar-refractivity contribution in [2.45, 2.75) is 26.6 Å². The third kappa shape index (κ3) is 7.91. The molecule has 12 heteroatoms. The Balaban J connectivity index is 1.22. The molecule has 0 saturated carbocycles. The molecule has 0 atom stereocenters. The molecule has 2 aromatic heterocycles. The number of carbonyl (C=O) groups is 1. The molecule has 10 nitrogen and oxygen atoms in total. The number of aromatic nitrogens is 2. The molecular weight excluding hydrogens is 657 g/mol. The fraction of sp³-hybridized carbons (Fsp3) is 0.289. The lowest BCUT2D eigenvalue weighted by Gasteiger charge is -2.32. The number of pyridine rings is 2. The fourth-order valence-corrected chi connectivity index (χ4v) is 6.46. The lowest BCUT2D eigenvalue weighted by molar-refractivity contribution is 0.148. The van der Waals surface area contributed by atoms with E-state index in [4.69, 9.17) is 16.3 Å². The molecule has 3 heterocycles. The van der Waals surface area contributed by atoms with Gasteiger partial charge in [0.25, 0.3) is 5.56 Å². The first kappa shape index (κ1) is 34.9. The fourth-order valence-electron chi connectivity index (χ4n) is 6.21. The number of likely N-dealkylation sites (N-methyl/N-ethyl adjacent to an activating group) is 1. The van der Waals surface area contributed by atoms with Gasteiger partial charge in [0.1, 0.15) is 17.4 Å². The van der Waals surface area contributed by atoms with E-state index in [-0.39, 0.29) is 21.8 Å². The van der Waals surface area contributed by atoms with E-state index < -0.39 is 11.8 Å². The van der Waals surface area contributed by atoms with Gasteiger partial charge in [-0.25, -0.2) is 14.2 Å². The minimum Gasteiger partial charge on any atom is -0.497 e. The lowest BCUT2D eigenvalue weighted by atomic mass is 10.0. The van der Waals surface area contributed by atoms with Gasteiger partial charge in [-0.3, -0.25) is 9.69 Å². The highest BCUT2D eigenvalue weighted by molar-refractivity contribution is 6.33. The molecule has 6 rings (SSSR count). The number of nitrogens with one attached hydrogen (secondary N) is 2. The van der Waals surface area contributed by atoms with E-state index in [2.05, 4.69) is 32.5 Å². The van der Waals surface area contributed by atoms with Crippen LogP contribution in [0.1, 0.15) is 18.1 Å². The Hall–Kier alpha value is -4.97. The number of halogens is 2. The Morgan fingerprint density at radius 2 is 1.74 bits per heavy atom. The maximum Gasteiger partial charge on any atom is 0.323 e. The quantitative estimate of drug-likeness (QED) is 0.164. The maximum absolute atomic E-state index is 15.2. The van der Waals surface area contributed by atoms with Crippen LogP contribution in [0.25, 0.3) is 22.0 Å². The summed E-state index contributed by atoms with van der Waals surface area (Å²) < 4.78 is 22.1. The highest BCUT2D eigenvalue weighted by atomic mass is 35.5. The first-order chi connectivity index (χ1) is 24.1. The van der Waals surface area contributed by atoms with Crippen molar-refractivity contribution in [3.63, 3.8) is 0 Å². The number of amides is 2. The number of rotatable bonds is 10. The molecule has 50 heavy (non-hydrogen) atoms. The third-order valence-corrected chi connectivity index (χ3v) is 9.34. The Morgan fingerprint density at radius 3 is 2.46 bits per heavy atom. The number of fused-ring (bicyclic) bond motifs is 1. The van der Waals surface area contributed by atoms with E-state index in [1.807, 2.05) is 67.4 Å². The van der Waals surface area contributed by atoms with E-state index in [1.165, 1.54) is 6.07 Å². The standard InChI is InChI=1S/C38H41ClFN7O3/c1-5-47-35-21-36(45(3)23-25-9-11-29(50-4)12-10-25)41-22-27(35)18-31(37(47)48)30-19-34(33(40)20-32(30)39)43-38(49)42-28-8-6-7-26(17-28)24-46-15-13-44(2)14-16-46/h6-12,17-22H,5,13-16,23-24H2,1-4H3,(H2,42,43,49). The normalized spacial score (nSPS) is 13.7. The summed E-state index contributed by atoms with van der Waals surface area (Å²) in [4.78, 5) is 38.3. The van der Waals surface area contributed by atoms with Crippen LogP contribution in [0.2, 0.25) is 5.02 Å². The Kier molecular flexibility index (Phi) is 10.7. The average molecular weight is 698 g/mol. The monoisotopic (exact) mass is 697 g/mol. The molecule has 260 valence electrons. The molecule has 5 aromatic rings. The van der Waals surface area contributed by atoms with Crippen LogP contribution in [-0.2, 0) is 19.6 Å². The Morgan fingerprint density at radius 1 is 0.980 bits per heavy atom. The summed E-state index contributed by atoms with van der Waals surface area (Å²) >= 11 is 6.54. The predicted octanol–water partition coefficient (Wildman–Crippen LogP) is 6.91. The van der Waals surface area contributed by atoms with Gasteiger partial charge in [0.15, 0.2) is 0 Å². The number of benzene rings is 3. The van der Waals surface area contributed by atoms with Crippen molar-refractivity contribution < 1.29 is 13.9 Å². The van der Waals surface area contributed by atoms with Crippen LogP contribution in [0, 0.1) is 5.82 Å². The number of hydrogen-bond acceptors (Lipinski definition) is 7. The van der Waals surface area contributed by atoms with E-state index >= 15 is 4.39 Å². The first-order valence-corrected chi connectivity index (χ1v) is 16.9. The van der Waals surface area contributed by atoms with Gasteiger partial charge in [-0.2, -0.15) is 0 Å². The molecule has 0 spiro atoms. The molecule has 3 aromatic carbocycles. The summed E-state index contributed by atoms with van der Waals surface area (Å²) in [6.07, 6.45) is 1.71. The molecule has 0 unspecified atom stereocenters.